The first-order valence-corrected chi connectivity index (χ1v) is 7.78. The topological polar surface area (TPSA) is 52.6 Å². The second-order valence-electron chi connectivity index (χ2n) is 5.46. The van der Waals surface area contributed by atoms with Crippen LogP contribution in [0.25, 0.3) is 0 Å². The Balaban J connectivity index is 2.05. The van der Waals surface area contributed by atoms with Crippen molar-refractivity contribution < 1.29 is 9.90 Å². The summed E-state index contributed by atoms with van der Waals surface area (Å²) >= 11 is 3.42. The highest BCUT2D eigenvalue weighted by molar-refractivity contribution is 9.10. The minimum absolute atomic E-state index is 0.0747. The third kappa shape index (κ3) is 3.73. The molecular weight excluding hydrogens is 320 g/mol. The van der Waals surface area contributed by atoms with E-state index in [0.717, 1.165) is 35.1 Å². The molecule has 20 heavy (non-hydrogen) atoms. The van der Waals surface area contributed by atoms with Crippen LogP contribution in [0.15, 0.2) is 22.7 Å². The minimum Gasteiger partial charge on any atom is -0.393 e. The molecule has 4 nitrogen and oxygen atoms in total. The van der Waals surface area contributed by atoms with Crippen molar-refractivity contribution in [3.63, 3.8) is 0 Å². The lowest BCUT2D eigenvalue weighted by Crippen LogP contribution is -2.40. The van der Waals surface area contributed by atoms with Crippen LogP contribution in [0.1, 0.15) is 31.7 Å². The third-order valence-corrected chi connectivity index (χ3v) is 4.19. The fourth-order valence-corrected chi connectivity index (χ4v) is 3.02. The fraction of sp³-hybridized carbons (Fsp3) is 0.533. The van der Waals surface area contributed by atoms with Crippen LogP contribution in [0.5, 0.6) is 0 Å². The maximum absolute atomic E-state index is 12.4. The minimum atomic E-state index is -0.374. The van der Waals surface area contributed by atoms with Gasteiger partial charge in [0.2, 0.25) is 0 Å². The lowest BCUT2D eigenvalue weighted by molar-refractivity contribution is 0.142. The highest BCUT2D eigenvalue weighted by Gasteiger charge is 2.29. The van der Waals surface area contributed by atoms with Crippen LogP contribution >= 0.6 is 15.9 Å². The largest absolute Gasteiger partial charge is 0.393 e. The molecule has 0 unspecified atom stereocenters. The first-order chi connectivity index (χ1) is 9.47. The van der Waals surface area contributed by atoms with Crippen LogP contribution in [-0.2, 0) is 0 Å². The van der Waals surface area contributed by atoms with Gasteiger partial charge in [-0.15, -0.1) is 0 Å². The second kappa shape index (κ2) is 6.59. The number of hydrogen-bond acceptors (Lipinski definition) is 2. The number of benzene rings is 1. The molecule has 0 radical (unpaired) electrons. The van der Waals surface area contributed by atoms with Crippen LogP contribution in [0.3, 0.4) is 0 Å². The van der Waals surface area contributed by atoms with Gasteiger partial charge in [-0.1, -0.05) is 22.0 Å². The van der Waals surface area contributed by atoms with Gasteiger partial charge in [0.25, 0.3) is 0 Å². The molecule has 1 saturated heterocycles. The quantitative estimate of drug-likeness (QED) is 0.884. The highest BCUT2D eigenvalue weighted by atomic mass is 79.9. The maximum atomic E-state index is 12.4. The van der Waals surface area contributed by atoms with E-state index in [-0.39, 0.29) is 18.2 Å². The molecule has 2 amide bonds. The predicted octanol–water partition coefficient (Wildman–Crippen LogP) is 3.52. The van der Waals surface area contributed by atoms with Crippen molar-refractivity contribution in [1.29, 1.82) is 0 Å². The Morgan fingerprint density at radius 2 is 2.35 bits per heavy atom. The van der Waals surface area contributed by atoms with Crippen LogP contribution in [0, 0.1) is 6.92 Å². The molecule has 1 aliphatic rings. The summed E-state index contributed by atoms with van der Waals surface area (Å²) in [5.74, 6) is 0. The third-order valence-electron chi connectivity index (χ3n) is 3.69. The average molecular weight is 341 g/mol. The lowest BCUT2D eigenvalue weighted by Gasteiger charge is -2.26. The number of anilines is 1. The maximum Gasteiger partial charge on any atom is 0.322 e. The molecule has 2 atom stereocenters. The van der Waals surface area contributed by atoms with Crippen LogP contribution in [0.2, 0.25) is 0 Å². The summed E-state index contributed by atoms with van der Waals surface area (Å²) in [5, 5.41) is 12.5. The van der Waals surface area contributed by atoms with E-state index in [2.05, 4.69) is 21.2 Å². The highest BCUT2D eigenvalue weighted by Crippen LogP contribution is 2.25. The van der Waals surface area contributed by atoms with Crippen molar-refractivity contribution >= 4 is 27.6 Å². The van der Waals surface area contributed by atoms with Gasteiger partial charge in [0, 0.05) is 22.7 Å². The number of carbonyl (C=O) groups excluding carboxylic acids is 1. The Hall–Kier alpha value is -1.07. The molecule has 5 heteroatoms. The Morgan fingerprint density at radius 1 is 1.60 bits per heavy atom. The van der Waals surface area contributed by atoms with E-state index in [9.17, 15) is 9.90 Å². The molecule has 0 bridgehead atoms. The number of nitrogens with zero attached hydrogens (tertiary/aromatic N) is 1. The number of amides is 2. The van der Waals surface area contributed by atoms with Crippen molar-refractivity contribution in [2.24, 2.45) is 0 Å². The van der Waals surface area contributed by atoms with Crippen molar-refractivity contribution in [3.05, 3.63) is 28.2 Å². The Bertz CT molecular complexity index is 491. The number of halogens is 1. The summed E-state index contributed by atoms with van der Waals surface area (Å²) in [6.07, 6.45) is 2.24. The van der Waals surface area contributed by atoms with E-state index >= 15 is 0 Å². The number of nitrogens with one attached hydrogen (secondary N) is 1. The Labute approximate surface area is 128 Å². The molecule has 0 spiro atoms. The summed E-state index contributed by atoms with van der Waals surface area (Å²) < 4.78 is 0.945. The molecular formula is C15H21BrN2O2. The van der Waals surface area contributed by atoms with Gasteiger partial charge in [-0.2, -0.15) is 0 Å². The summed E-state index contributed by atoms with van der Waals surface area (Å²) in [5.41, 5.74) is 1.86. The van der Waals surface area contributed by atoms with Crippen molar-refractivity contribution in [3.8, 4) is 0 Å². The van der Waals surface area contributed by atoms with Gasteiger partial charge in [0.05, 0.1) is 6.10 Å². The average Bonchev–Trinajstić information content (AvgIpc) is 2.81. The summed E-state index contributed by atoms with van der Waals surface area (Å²) in [6, 6.07) is 5.90. The van der Waals surface area contributed by atoms with Gasteiger partial charge in [0.1, 0.15) is 0 Å². The van der Waals surface area contributed by atoms with Crippen LogP contribution in [0.4, 0.5) is 10.5 Å². The van der Waals surface area contributed by atoms with Gasteiger partial charge < -0.3 is 15.3 Å². The molecule has 0 saturated carbocycles. The Kier molecular flexibility index (Phi) is 5.05. The molecule has 1 aromatic carbocycles. The van der Waals surface area contributed by atoms with Gasteiger partial charge in [-0.3, -0.25) is 0 Å². The number of aliphatic hydroxyl groups excluding tert-OH is 1. The zero-order valence-electron chi connectivity index (χ0n) is 11.9. The number of likely N-dealkylation sites (tertiary alicyclic amines) is 1. The molecule has 0 aliphatic carbocycles. The molecule has 2 rings (SSSR count). The standard InChI is InChI=1S/C15H21BrN2O2/c1-10-5-6-12(16)9-14(10)17-15(20)18-7-3-4-13(18)8-11(2)19/h5-6,9,11,13,19H,3-4,7-8H2,1-2H3,(H,17,20)/t11-,13+/m0/s1. The van der Waals surface area contributed by atoms with E-state index in [1.807, 2.05) is 30.0 Å². The number of aryl methyl sites for hydroxylation is 1. The number of aliphatic hydroxyl groups is 1. The lowest BCUT2D eigenvalue weighted by atomic mass is 10.1. The first kappa shape index (κ1) is 15.3. The first-order valence-electron chi connectivity index (χ1n) is 6.99. The van der Waals surface area contributed by atoms with Gasteiger partial charge in [0.15, 0.2) is 0 Å². The SMILES string of the molecule is Cc1ccc(Br)cc1NC(=O)N1CCC[C@@H]1C[C@H](C)O. The summed E-state index contributed by atoms with van der Waals surface area (Å²) in [7, 11) is 0. The molecule has 2 N–H and O–H groups in total. The van der Waals surface area contributed by atoms with Crippen molar-refractivity contribution in [2.45, 2.75) is 45.3 Å². The normalized spacial score (nSPS) is 20.0. The predicted molar refractivity (Wildman–Crippen MR) is 83.9 cm³/mol. The molecule has 110 valence electrons. The molecule has 0 aromatic heterocycles. The monoisotopic (exact) mass is 340 g/mol. The number of carbonyl (C=O) groups is 1. The van der Waals surface area contributed by atoms with Gasteiger partial charge >= 0.3 is 6.03 Å². The van der Waals surface area contributed by atoms with E-state index in [0.29, 0.717) is 6.42 Å². The number of rotatable bonds is 3. The van der Waals surface area contributed by atoms with E-state index in [1.54, 1.807) is 6.92 Å². The smallest absolute Gasteiger partial charge is 0.322 e. The number of hydrogen-bond donors (Lipinski definition) is 2. The molecule has 1 aliphatic heterocycles. The van der Waals surface area contributed by atoms with E-state index in [4.69, 9.17) is 0 Å². The molecule has 1 aromatic rings. The molecule has 1 heterocycles. The zero-order chi connectivity index (χ0) is 14.7. The zero-order valence-corrected chi connectivity index (χ0v) is 13.5. The van der Waals surface area contributed by atoms with Crippen LogP contribution < -0.4 is 5.32 Å². The van der Waals surface area contributed by atoms with Gasteiger partial charge in [-0.05, 0) is 50.8 Å². The van der Waals surface area contributed by atoms with Crippen molar-refractivity contribution in [2.75, 3.05) is 11.9 Å². The summed E-state index contributed by atoms with van der Waals surface area (Å²) in [6.45, 7) is 4.50. The Morgan fingerprint density at radius 3 is 3.05 bits per heavy atom. The van der Waals surface area contributed by atoms with E-state index < -0.39 is 0 Å². The second-order valence-corrected chi connectivity index (χ2v) is 6.38. The van der Waals surface area contributed by atoms with Gasteiger partial charge in [-0.25, -0.2) is 4.79 Å². The summed E-state index contributed by atoms with van der Waals surface area (Å²) in [4.78, 5) is 14.2. The van der Waals surface area contributed by atoms with E-state index in [1.165, 1.54) is 0 Å². The number of urea groups is 1. The van der Waals surface area contributed by atoms with Crippen LogP contribution in [-0.4, -0.2) is 34.7 Å². The fourth-order valence-electron chi connectivity index (χ4n) is 2.66. The molecule has 1 fully saturated rings. The van der Waals surface area contributed by atoms with Crippen molar-refractivity contribution in [1.82, 2.24) is 4.90 Å².